The van der Waals surface area contributed by atoms with Gasteiger partial charge >= 0.3 is 6.18 Å². The van der Waals surface area contributed by atoms with Gasteiger partial charge in [0.1, 0.15) is 11.6 Å². The Balaban J connectivity index is 2.49. The van der Waals surface area contributed by atoms with Crippen LogP contribution in [0.3, 0.4) is 0 Å². The lowest BCUT2D eigenvalue weighted by atomic mass is 10.2. The molecule has 2 heterocycles. The molecule has 1 N–H and O–H groups in total. The summed E-state index contributed by atoms with van der Waals surface area (Å²) in [7, 11) is 0. The Kier molecular flexibility index (Phi) is 5.55. The lowest BCUT2D eigenvalue weighted by molar-refractivity contribution is -0.137. The molecule has 0 radical (unpaired) electrons. The van der Waals surface area contributed by atoms with E-state index in [1.807, 2.05) is 6.07 Å². The molecule has 1 unspecified atom stereocenters. The summed E-state index contributed by atoms with van der Waals surface area (Å²) in [4.78, 5) is 15.7. The molecule has 1 atom stereocenters. The van der Waals surface area contributed by atoms with E-state index in [9.17, 15) is 18.0 Å². The number of nitriles is 1. The number of anilines is 1. The third-order valence-corrected chi connectivity index (χ3v) is 3.90. The number of amides is 1. The fourth-order valence-corrected chi connectivity index (χ4v) is 2.15. The minimum atomic E-state index is -4.61. The van der Waals surface area contributed by atoms with Crippen molar-refractivity contribution in [2.24, 2.45) is 5.92 Å². The molecule has 0 aromatic carbocycles. The lowest BCUT2D eigenvalue weighted by Crippen LogP contribution is -2.23. The van der Waals surface area contributed by atoms with Gasteiger partial charge in [0.25, 0.3) is 0 Å². The molecule has 2 aromatic heterocycles. The number of halogens is 5. The van der Waals surface area contributed by atoms with Crippen molar-refractivity contribution in [3.8, 4) is 11.9 Å². The summed E-state index contributed by atoms with van der Waals surface area (Å²) in [5, 5.41) is 15.1. The fourth-order valence-electron chi connectivity index (χ4n) is 1.76. The van der Waals surface area contributed by atoms with E-state index in [4.69, 9.17) is 28.5 Å². The standard InChI is InChI=1S/C14H10Cl2F3N5O/c1-7(3-15)13(25)23-11-8(4-20)5-22-24(11)12-10(16)2-9(6-21-12)14(17,18)19/h2,5-7H,3H2,1H3,(H,23,25). The molecule has 0 aliphatic carbocycles. The number of alkyl halides is 4. The maximum absolute atomic E-state index is 12.7. The molecule has 6 nitrogen and oxygen atoms in total. The topological polar surface area (TPSA) is 83.6 Å². The fraction of sp³-hybridized carbons (Fsp3) is 0.286. The third kappa shape index (κ3) is 4.03. The van der Waals surface area contributed by atoms with Crippen LogP contribution in [0.2, 0.25) is 5.02 Å². The van der Waals surface area contributed by atoms with Gasteiger partial charge in [-0.3, -0.25) is 4.79 Å². The summed E-state index contributed by atoms with van der Waals surface area (Å²) in [6, 6.07) is 2.51. The number of nitrogens with one attached hydrogen (secondary N) is 1. The van der Waals surface area contributed by atoms with Gasteiger partial charge in [-0.2, -0.15) is 28.2 Å². The van der Waals surface area contributed by atoms with Crippen molar-refractivity contribution in [1.82, 2.24) is 14.8 Å². The van der Waals surface area contributed by atoms with Crippen molar-refractivity contribution >= 4 is 34.9 Å². The molecule has 2 rings (SSSR count). The predicted molar refractivity (Wildman–Crippen MR) is 84.6 cm³/mol. The van der Waals surface area contributed by atoms with Gasteiger partial charge in [0.05, 0.1) is 16.8 Å². The summed E-state index contributed by atoms with van der Waals surface area (Å²) in [6.45, 7) is 1.57. The highest BCUT2D eigenvalue weighted by Gasteiger charge is 2.32. The summed E-state index contributed by atoms with van der Waals surface area (Å²) in [5.74, 6) is -1.23. The summed E-state index contributed by atoms with van der Waals surface area (Å²) < 4.78 is 39.1. The highest BCUT2D eigenvalue weighted by molar-refractivity contribution is 6.32. The average molecular weight is 392 g/mol. The first-order chi connectivity index (χ1) is 11.7. The van der Waals surface area contributed by atoms with E-state index in [1.165, 1.54) is 0 Å². The van der Waals surface area contributed by atoms with Crippen molar-refractivity contribution in [2.45, 2.75) is 13.1 Å². The van der Waals surface area contributed by atoms with Crippen molar-refractivity contribution in [3.63, 3.8) is 0 Å². The van der Waals surface area contributed by atoms with E-state index in [-0.39, 0.29) is 28.1 Å². The second-order valence-corrected chi connectivity index (χ2v) is 5.72. The molecule has 11 heteroatoms. The van der Waals surface area contributed by atoms with E-state index in [0.717, 1.165) is 10.9 Å². The number of carbonyl (C=O) groups is 1. The number of nitrogens with zero attached hydrogens (tertiary/aromatic N) is 4. The first-order valence-corrected chi connectivity index (χ1v) is 7.68. The van der Waals surface area contributed by atoms with Crippen LogP contribution in [0.15, 0.2) is 18.5 Å². The number of hydrogen-bond acceptors (Lipinski definition) is 4. The van der Waals surface area contributed by atoms with Crippen LogP contribution < -0.4 is 5.32 Å². The SMILES string of the molecule is CC(CCl)C(=O)Nc1c(C#N)cnn1-c1ncc(C(F)(F)F)cc1Cl. The summed E-state index contributed by atoms with van der Waals surface area (Å²) in [5.41, 5.74) is -1.04. The molecular formula is C14H10Cl2F3N5O. The Hall–Kier alpha value is -2.31. The van der Waals surface area contributed by atoms with Gasteiger partial charge < -0.3 is 5.32 Å². The van der Waals surface area contributed by atoms with E-state index in [1.54, 1.807) is 6.92 Å². The van der Waals surface area contributed by atoms with Crippen LogP contribution in [-0.2, 0) is 11.0 Å². The largest absolute Gasteiger partial charge is 0.417 e. The molecule has 0 fully saturated rings. The van der Waals surface area contributed by atoms with Crippen LogP contribution in [0.1, 0.15) is 18.1 Å². The number of aromatic nitrogens is 3. The minimum absolute atomic E-state index is 0.00659. The first kappa shape index (κ1) is 19.0. The smallest absolute Gasteiger partial charge is 0.309 e. The Morgan fingerprint density at radius 1 is 1.48 bits per heavy atom. The zero-order valence-electron chi connectivity index (χ0n) is 12.6. The summed E-state index contributed by atoms with van der Waals surface area (Å²) in [6.07, 6.45) is -2.89. The van der Waals surface area contributed by atoms with Gasteiger partial charge in [-0.05, 0) is 6.07 Å². The van der Waals surface area contributed by atoms with Gasteiger partial charge in [-0.1, -0.05) is 18.5 Å². The van der Waals surface area contributed by atoms with E-state index in [0.29, 0.717) is 12.3 Å². The van der Waals surface area contributed by atoms with Crippen LogP contribution in [0, 0.1) is 17.2 Å². The molecule has 0 saturated carbocycles. The van der Waals surface area contributed by atoms with Crippen LogP contribution in [0.5, 0.6) is 0 Å². The van der Waals surface area contributed by atoms with Gasteiger partial charge in [0, 0.05) is 18.0 Å². The van der Waals surface area contributed by atoms with Crippen molar-refractivity contribution in [2.75, 3.05) is 11.2 Å². The van der Waals surface area contributed by atoms with E-state index in [2.05, 4.69) is 15.4 Å². The highest BCUT2D eigenvalue weighted by atomic mass is 35.5. The molecule has 132 valence electrons. The van der Waals surface area contributed by atoms with Crippen LogP contribution in [0.4, 0.5) is 19.0 Å². The van der Waals surface area contributed by atoms with Gasteiger partial charge in [-0.25, -0.2) is 4.98 Å². The maximum atomic E-state index is 12.7. The third-order valence-electron chi connectivity index (χ3n) is 3.16. The van der Waals surface area contributed by atoms with E-state index < -0.39 is 23.6 Å². The second kappa shape index (κ2) is 7.29. The van der Waals surface area contributed by atoms with Crippen molar-refractivity contribution in [1.29, 1.82) is 5.26 Å². The second-order valence-electron chi connectivity index (χ2n) is 5.00. The van der Waals surface area contributed by atoms with E-state index >= 15 is 0 Å². The number of carbonyl (C=O) groups excluding carboxylic acids is 1. The zero-order valence-corrected chi connectivity index (χ0v) is 14.1. The van der Waals surface area contributed by atoms with Gasteiger partial charge in [0.15, 0.2) is 11.6 Å². The molecule has 0 bridgehead atoms. The summed E-state index contributed by atoms with van der Waals surface area (Å²) >= 11 is 11.5. The molecule has 2 aromatic rings. The quantitative estimate of drug-likeness (QED) is 0.806. The first-order valence-electron chi connectivity index (χ1n) is 6.77. The van der Waals surface area contributed by atoms with Gasteiger partial charge in [-0.15, -0.1) is 11.6 Å². The van der Waals surface area contributed by atoms with Crippen LogP contribution in [0.25, 0.3) is 5.82 Å². The Bertz CT molecular complexity index is 844. The minimum Gasteiger partial charge on any atom is -0.309 e. The molecule has 0 aliphatic rings. The van der Waals surface area contributed by atoms with Crippen molar-refractivity contribution in [3.05, 3.63) is 34.6 Å². The molecule has 25 heavy (non-hydrogen) atoms. The average Bonchev–Trinajstić information content (AvgIpc) is 2.95. The molecule has 1 amide bonds. The predicted octanol–water partition coefficient (Wildman–Crippen LogP) is 3.62. The number of pyridine rings is 1. The molecule has 0 aliphatic heterocycles. The highest BCUT2D eigenvalue weighted by Crippen LogP contribution is 2.32. The maximum Gasteiger partial charge on any atom is 0.417 e. The molecule has 0 saturated heterocycles. The van der Waals surface area contributed by atoms with Gasteiger partial charge in [0.2, 0.25) is 5.91 Å². The Morgan fingerprint density at radius 3 is 2.68 bits per heavy atom. The number of rotatable bonds is 4. The molecule has 0 spiro atoms. The Morgan fingerprint density at radius 2 is 2.16 bits per heavy atom. The zero-order chi connectivity index (χ0) is 18.8. The van der Waals surface area contributed by atoms with Crippen LogP contribution >= 0.6 is 23.2 Å². The lowest BCUT2D eigenvalue weighted by Gasteiger charge is -2.13. The number of hydrogen-bond donors (Lipinski definition) is 1. The normalized spacial score (nSPS) is 12.5. The van der Waals surface area contributed by atoms with Crippen molar-refractivity contribution < 1.29 is 18.0 Å². The monoisotopic (exact) mass is 391 g/mol. The molecular weight excluding hydrogens is 382 g/mol. The Labute approximate surface area is 150 Å². The van der Waals surface area contributed by atoms with Crippen LogP contribution in [-0.4, -0.2) is 26.6 Å².